The predicted molar refractivity (Wildman–Crippen MR) is 219 cm³/mol. The summed E-state index contributed by atoms with van der Waals surface area (Å²) in [6, 6.07) is 0. The zero-order valence-electron chi connectivity index (χ0n) is 32.9. The van der Waals surface area contributed by atoms with E-state index in [1.807, 2.05) is 6.08 Å². The highest BCUT2D eigenvalue weighted by molar-refractivity contribution is 5.69. The molecule has 0 aromatic heterocycles. The van der Waals surface area contributed by atoms with E-state index < -0.39 is 6.10 Å². The van der Waals surface area contributed by atoms with Gasteiger partial charge in [0.1, 0.15) is 6.10 Å². The molecule has 0 aromatic carbocycles. The van der Waals surface area contributed by atoms with Gasteiger partial charge in [0.05, 0.1) is 13.2 Å². The fourth-order valence-electron chi connectivity index (χ4n) is 5.71. The molecule has 4 heteroatoms. The predicted octanol–water partition coefficient (Wildman–Crippen LogP) is 13.8. The van der Waals surface area contributed by atoms with Gasteiger partial charge in [-0.05, 0) is 51.4 Å². The Labute approximate surface area is 310 Å². The first-order chi connectivity index (χ1) is 24.7. The largest absolute Gasteiger partial charge is 0.457 e. The van der Waals surface area contributed by atoms with Crippen molar-refractivity contribution in [3.05, 3.63) is 72.9 Å². The molecule has 0 amide bonds. The van der Waals surface area contributed by atoms with Crippen molar-refractivity contribution in [1.29, 1.82) is 0 Å². The van der Waals surface area contributed by atoms with Crippen LogP contribution in [0, 0.1) is 0 Å². The van der Waals surface area contributed by atoms with Crippen molar-refractivity contribution in [2.24, 2.45) is 0 Å². The lowest BCUT2D eigenvalue weighted by Gasteiger charge is -2.15. The van der Waals surface area contributed by atoms with E-state index in [0.29, 0.717) is 19.4 Å². The average molecular weight is 697 g/mol. The van der Waals surface area contributed by atoms with Crippen LogP contribution in [0.5, 0.6) is 0 Å². The maximum atomic E-state index is 12.2. The topological polar surface area (TPSA) is 55.8 Å². The summed E-state index contributed by atoms with van der Waals surface area (Å²) in [7, 11) is 0. The van der Waals surface area contributed by atoms with Crippen LogP contribution < -0.4 is 0 Å². The van der Waals surface area contributed by atoms with Gasteiger partial charge in [-0.2, -0.15) is 0 Å². The van der Waals surface area contributed by atoms with Crippen molar-refractivity contribution in [2.45, 2.75) is 193 Å². The smallest absolute Gasteiger partial charge is 0.306 e. The third-order valence-corrected chi connectivity index (χ3v) is 8.81. The first-order valence-corrected chi connectivity index (χ1v) is 21.0. The minimum Gasteiger partial charge on any atom is -0.457 e. The van der Waals surface area contributed by atoms with E-state index in [1.165, 1.54) is 116 Å². The molecular formula is C46H80O4. The Hall–Kier alpha value is -2.17. The van der Waals surface area contributed by atoms with Crippen molar-refractivity contribution >= 4 is 5.97 Å². The van der Waals surface area contributed by atoms with Crippen molar-refractivity contribution in [2.75, 3.05) is 19.8 Å². The van der Waals surface area contributed by atoms with Crippen LogP contribution in [0.4, 0.5) is 0 Å². The Morgan fingerprint density at radius 3 is 1.24 bits per heavy atom. The van der Waals surface area contributed by atoms with Crippen molar-refractivity contribution in [3.63, 3.8) is 0 Å². The molecule has 288 valence electrons. The quantitative estimate of drug-likeness (QED) is 0.0397. The molecular weight excluding hydrogens is 617 g/mol. The first-order valence-electron chi connectivity index (χ1n) is 21.0. The van der Waals surface area contributed by atoms with E-state index >= 15 is 0 Å². The van der Waals surface area contributed by atoms with E-state index in [9.17, 15) is 9.90 Å². The van der Waals surface area contributed by atoms with Crippen LogP contribution in [0.15, 0.2) is 72.9 Å². The van der Waals surface area contributed by atoms with Gasteiger partial charge in [-0.15, -0.1) is 0 Å². The Kier molecular flexibility index (Phi) is 41.1. The van der Waals surface area contributed by atoms with Gasteiger partial charge in [0.2, 0.25) is 0 Å². The maximum Gasteiger partial charge on any atom is 0.306 e. The molecule has 0 bridgehead atoms. The summed E-state index contributed by atoms with van der Waals surface area (Å²) in [5.74, 6) is -0.282. The summed E-state index contributed by atoms with van der Waals surface area (Å²) in [6.45, 7) is 5.16. The summed E-state index contributed by atoms with van der Waals surface area (Å²) in [5, 5.41) is 9.58. The Balaban J connectivity index is 3.55. The standard InChI is InChI=1S/C46H80O4/c1-3-5-7-9-11-13-15-17-19-21-23-25-27-29-31-33-35-37-39-41-46(48)50-45(43-47)44-49-42-40-38-36-34-32-30-28-26-24-22-20-18-16-14-12-10-8-6-4-2/h5,7,11,13,17,19,23,25,29,31,35,37,45,47H,3-4,6,8-10,12,14-16,18,20-22,24,26-28,30,32-34,36,38-44H2,1-2H3/b7-5-,13-11-,19-17-,25-23-,31-29-,37-35-. The highest BCUT2D eigenvalue weighted by Crippen LogP contribution is 2.15. The highest BCUT2D eigenvalue weighted by Gasteiger charge is 2.13. The SMILES string of the molecule is CC/C=C\C/C=C\C/C=C\C/C=C\C/C=C\C/C=C\CCC(=O)OC(CO)COCCCCCCCCCCCCCCCCCCCCC. The van der Waals surface area contributed by atoms with Crippen LogP contribution in [0.25, 0.3) is 0 Å². The number of aliphatic hydroxyl groups is 1. The fraction of sp³-hybridized carbons (Fsp3) is 0.717. The molecule has 1 unspecified atom stereocenters. The van der Waals surface area contributed by atoms with Crippen molar-refractivity contribution < 1.29 is 19.4 Å². The number of unbranched alkanes of at least 4 members (excludes halogenated alkanes) is 18. The molecule has 50 heavy (non-hydrogen) atoms. The summed E-state index contributed by atoms with van der Waals surface area (Å²) in [5.41, 5.74) is 0. The van der Waals surface area contributed by atoms with E-state index in [-0.39, 0.29) is 19.2 Å². The maximum absolute atomic E-state index is 12.2. The molecule has 0 aliphatic rings. The van der Waals surface area contributed by atoms with Gasteiger partial charge in [0.15, 0.2) is 0 Å². The number of carbonyl (C=O) groups excluding carboxylic acids is 1. The lowest BCUT2D eigenvalue weighted by atomic mass is 10.0. The number of aliphatic hydroxyl groups excluding tert-OH is 1. The molecule has 0 aliphatic heterocycles. The second-order valence-corrected chi connectivity index (χ2v) is 13.7. The van der Waals surface area contributed by atoms with Gasteiger partial charge in [0.25, 0.3) is 0 Å². The zero-order chi connectivity index (χ0) is 36.3. The third kappa shape index (κ3) is 40.3. The van der Waals surface area contributed by atoms with Crippen LogP contribution in [-0.4, -0.2) is 37.0 Å². The summed E-state index contributed by atoms with van der Waals surface area (Å²) in [6.07, 6.45) is 58.3. The summed E-state index contributed by atoms with van der Waals surface area (Å²) in [4.78, 5) is 12.2. The van der Waals surface area contributed by atoms with Gasteiger partial charge in [0, 0.05) is 13.0 Å². The Morgan fingerprint density at radius 1 is 0.500 bits per heavy atom. The molecule has 0 heterocycles. The van der Waals surface area contributed by atoms with Crippen LogP contribution in [-0.2, 0) is 14.3 Å². The molecule has 1 N–H and O–H groups in total. The molecule has 4 nitrogen and oxygen atoms in total. The number of carbonyl (C=O) groups is 1. The van der Waals surface area contributed by atoms with Gasteiger partial charge in [-0.1, -0.05) is 202 Å². The number of esters is 1. The Morgan fingerprint density at radius 2 is 0.860 bits per heavy atom. The normalized spacial score (nSPS) is 13.1. The second-order valence-electron chi connectivity index (χ2n) is 13.7. The van der Waals surface area contributed by atoms with Gasteiger partial charge in [-0.25, -0.2) is 0 Å². The van der Waals surface area contributed by atoms with Crippen molar-refractivity contribution in [3.8, 4) is 0 Å². The number of hydrogen-bond acceptors (Lipinski definition) is 4. The lowest BCUT2D eigenvalue weighted by molar-refractivity contribution is -0.154. The van der Waals surface area contributed by atoms with E-state index in [0.717, 1.165) is 44.9 Å². The lowest BCUT2D eigenvalue weighted by Crippen LogP contribution is -2.27. The first kappa shape index (κ1) is 47.8. The number of hydrogen-bond donors (Lipinski definition) is 1. The highest BCUT2D eigenvalue weighted by atomic mass is 16.6. The van der Waals surface area contributed by atoms with Gasteiger partial charge in [-0.3, -0.25) is 4.79 Å². The monoisotopic (exact) mass is 697 g/mol. The molecule has 0 fully saturated rings. The summed E-state index contributed by atoms with van der Waals surface area (Å²) >= 11 is 0. The molecule has 0 saturated heterocycles. The van der Waals surface area contributed by atoms with Crippen LogP contribution in [0.1, 0.15) is 187 Å². The van der Waals surface area contributed by atoms with E-state index in [2.05, 4.69) is 80.7 Å². The third-order valence-electron chi connectivity index (χ3n) is 8.81. The van der Waals surface area contributed by atoms with Gasteiger partial charge < -0.3 is 14.6 Å². The molecule has 0 spiro atoms. The minimum absolute atomic E-state index is 0.204. The zero-order valence-corrected chi connectivity index (χ0v) is 32.9. The van der Waals surface area contributed by atoms with Crippen molar-refractivity contribution in [1.82, 2.24) is 0 Å². The van der Waals surface area contributed by atoms with E-state index in [1.54, 1.807) is 0 Å². The molecule has 0 radical (unpaired) electrons. The van der Waals surface area contributed by atoms with E-state index in [4.69, 9.17) is 9.47 Å². The molecule has 0 rings (SSSR count). The average Bonchev–Trinajstić information content (AvgIpc) is 3.12. The van der Waals surface area contributed by atoms with Crippen LogP contribution in [0.3, 0.4) is 0 Å². The fourth-order valence-corrected chi connectivity index (χ4v) is 5.71. The number of ether oxygens (including phenoxy) is 2. The number of rotatable bonds is 38. The number of allylic oxidation sites excluding steroid dienone is 12. The summed E-state index contributed by atoms with van der Waals surface area (Å²) < 4.78 is 11.1. The molecule has 0 aromatic rings. The molecule has 0 saturated carbocycles. The van der Waals surface area contributed by atoms with Crippen LogP contribution in [0.2, 0.25) is 0 Å². The Bertz CT molecular complexity index is 865. The van der Waals surface area contributed by atoms with Crippen LogP contribution >= 0.6 is 0 Å². The van der Waals surface area contributed by atoms with Gasteiger partial charge >= 0.3 is 5.97 Å². The minimum atomic E-state index is -0.576. The molecule has 1 atom stereocenters. The molecule has 0 aliphatic carbocycles. The second kappa shape index (κ2) is 43.0.